The van der Waals surface area contributed by atoms with Crippen LogP contribution in [0, 0.1) is 10.8 Å². The van der Waals surface area contributed by atoms with Crippen molar-refractivity contribution in [2.75, 3.05) is 0 Å². The molecule has 0 aromatic carbocycles. The molecule has 2 atom stereocenters. The Morgan fingerprint density at radius 3 is 1.25 bits per heavy atom. The minimum absolute atomic E-state index is 0. The topological polar surface area (TPSA) is 18.5 Å². The van der Waals surface area contributed by atoms with Gasteiger partial charge in [0, 0.05) is 0 Å². The van der Waals surface area contributed by atoms with Gasteiger partial charge in [0.05, 0.1) is 0 Å². The molecule has 4 rings (SSSR count). The standard InChI is InChI=1S/2C17H29OSi.C2H7Si.2ClH.Zr/c2*1-6-11-17(2,3)15-12-13-9-7-8-10-14(13)16(15)18-19(4)5;1-3-2;;;/h2*12,19H,6-11H2,1-5H3;3H,1-2H3;2*1H;/q;;;;;+2/p-2. The summed E-state index contributed by atoms with van der Waals surface area (Å²) >= 11 is -2.21. The largest absolute Gasteiger partial charge is 1.00 e. The Bertz CT molecular complexity index is 1050. The van der Waals surface area contributed by atoms with Gasteiger partial charge in [-0.05, 0) is 0 Å². The molecule has 8 heteroatoms. The summed E-state index contributed by atoms with van der Waals surface area (Å²) in [6.07, 6.45) is 15.7. The Hall–Kier alpha value is 0.674. The second kappa shape index (κ2) is 16.9. The van der Waals surface area contributed by atoms with Crippen LogP contribution in [0.2, 0.25) is 46.5 Å². The van der Waals surface area contributed by atoms with Crippen LogP contribution in [-0.2, 0) is 29.8 Å². The van der Waals surface area contributed by atoms with Crippen molar-refractivity contribution in [1.82, 2.24) is 0 Å². The van der Waals surface area contributed by atoms with Crippen molar-refractivity contribution in [2.45, 2.75) is 165 Å². The maximum Gasteiger partial charge on any atom is -1.00 e. The Morgan fingerprint density at radius 2 is 0.955 bits per heavy atom. The summed E-state index contributed by atoms with van der Waals surface area (Å²) in [5, 5.41) is 0. The number of halogens is 2. The molecule has 0 aromatic heterocycles. The Labute approximate surface area is 297 Å². The van der Waals surface area contributed by atoms with Gasteiger partial charge in [0.15, 0.2) is 0 Å². The van der Waals surface area contributed by atoms with Crippen LogP contribution >= 0.6 is 0 Å². The van der Waals surface area contributed by atoms with Crippen LogP contribution in [0.3, 0.4) is 0 Å². The number of hydrogen-bond donors (Lipinski definition) is 0. The van der Waals surface area contributed by atoms with E-state index in [1.807, 2.05) is 22.3 Å². The molecule has 0 radical (unpaired) electrons. The van der Waals surface area contributed by atoms with Gasteiger partial charge in [-0.25, -0.2) is 0 Å². The quantitative estimate of drug-likeness (QED) is 0.243. The van der Waals surface area contributed by atoms with Gasteiger partial charge in [0.2, 0.25) is 0 Å². The first-order chi connectivity index (χ1) is 19.8. The molecule has 0 fully saturated rings. The molecule has 2 nitrogen and oxygen atoms in total. The van der Waals surface area contributed by atoms with Crippen LogP contribution in [0.1, 0.15) is 119 Å². The molecule has 0 saturated carbocycles. The molecular weight excluding hydrogens is 711 g/mol. The first kappa shape index (κ1) is 40.8. The minimum Gasteiger partial charge on any atom is -1.00 e. The van der Waals surface area contributed by atoms with E-state index in [0.717, 1.165) is 7.25 Å². The van der Waals surface area contributed by atoms with Crippen LogP contribution in [0.25, 0.3) is 0 Å². The molecule has 0 N–H and O–H groups in total. The fourth-order valence-electron chi connectivity index (χ4n) is 9.17. The van der Waals surface area contributed by atoms with Crippen molar-refractivity contribution in [1.29, 1.82) is 0 Å². The number of allylic oxidation sites excluding steroid dienone is 6. The summed E-state index contributed by atoms with van der Waals surface area (Å²) in [6, 6.07) is 0. The number of rotatable bonds is 13. The normalized spacial score (nSPS) is 22.5. The van der Waals surface area contributed by atoms with Gasteiger partial charge in [0.25, 0.3) is 0 Å². The van der Waals surface area contributed by atoms with Crippen LogP contribution in [0.5, 0.6) is 0 Å². The SMILES string of the molecule is CCCC(C)(C)C1=C(O[SiH](C)C)C2=C(CCCC2)[CH]1[Zr+2]([CH]1C2=C(CCCC2)C(O[SiH](C)C)=C1C(C)(C)CCC)[SiH](C)C.[Cl-].[Cl-]. The summed E-state index contributed by atoms with van der Waals surface area (Å²) < 4.78 is 15.8. The Morgan fingerprint density at radius 1 is 0.614 bits per heavy atom. The zero-order valence-corrected chi connectivity index (χ0v) is 37.9. The maximum atomic E-state index is 7.13. The average molecular weight is 776 g/mol. The first-order valence-corrected chi connectivity index (χ1v) is 33.4. The summed E-state index contributed by atoms with van der Waals surface area (Å²) in [5.41, 5.74) is 11.3. The van der Waals surface area contributed by atoms with E-state index in [2.05, 4.69) is 80.8 Å². The minimum atomic E-state index is -2.21. The number of hydrogen-bond acceptors (Lipinski definition) is 2. The molecule has 251 valence electrons. The molecule has 44 heavy (non-hydrogen) atoms. The first-order valence-electron chi connectivity index (χ1n) is 17.9. The van der Waals surface area contributed by atoms with Gasteiger partial charge in [0.1, 0.15) is 0 Å². The van der Waals surface area contributed by atoms with Crippen LogP contribution in [-0.4, -0.2) is 24.0 Å². The monoisotopic (exact) mass is 773 g/mol. The molecule has 0 bridgehead atoms. The third-order valence-electron chi connectivity index (χ3n) is 10.6. The van der Waals surface area contributed by atoms with Crippen LogP contribution in [0.15, 0.2) is 45.0 Å². The molecule has 0 spiro atoms. The molecule has 0 amide bonds. The zero-order chi connectivity index (χ0) is 31.0. The summed E-state index contributed by atoms with van der Waals surface area (Å²) in [7, 11) is -2.45. The molecule has 4 aliphatic carbocycles. The fourth-order valence-corrected chi connectivity index (χ4v) is 34.7. The van der Waals surface area contributed by atoms with E-state index in [1.54, 1.807) is 11.1 Å². The molecule has 4 aliphatic rings. The molecule has 0 saturated heterocycles. The van der Waals surface area contributed by atoms with Crippen LogP contribution in [0.4, 0.5) is 0 Å². The molecular formula is C36H65Cl2O2Si3Zr. The molecule has 0 heterocycles. The van der Waals surface area contributed by atoms with E-state index < -0.39 is 44.9 Å². The molecule has 2 unspecified atom stereocenters. The molecule has 0 aliphatic heterocycles. The van der Waals surface area contributed by atoms with Crippen molar-refractivity contribution in [2.24, 2.45) is 10.8 Å². The van der Waals surface area contributed by atoms with E-state index in [4.69, 9.17) is 8.85 Å². The van der Waals surface area contributed by atoms with Crippen molar-refractivity contribution < 1.29 is 54.6 Å². The van der Waals surface area contributed by atoms with Gasteiger partial charge in [-0.3, -0.25) is 0 Å². The van der Waals surface area contributed by atoms with Gasteiger partial charge < -0.3 is 24.8 Å². The second-order valence-corrected chi connectivity index (χ2v) is 40.8. The van der Waals surface area contributed by atoms with Crippen molar-refractivity contribution >= 4 is 24.0 Å². The van der Waals surface area contributed by atoms with E-state index in [1.165, 1.54) is 88.6 Å². The van der Waals surface area contributed by atoms with Crippen molar-refractivity contribution in [3.8, 4) is 0 Å². The predicted molar refractivity (Wildman–Crippen MR) is 189 cm³/mol. The second-order valence-electron chi connectivity index (χ2n) is 16.0. The van der Waals surface area contributed by atoms with Gasteiger partial charge in [-0.15, -0.1) is 0 Å². The molecule has 0 aromatic rings. The fraction of sp³-hybridized carbons (Fsp3) is 0.778. The third-order valence-corrected chi connectivity index (χ3v) is 33.5. The zero-order valence-electron chi connectivity index (χ0n) is 30.4. The van der Waals surface area contributed by atoms with Crippen LogP contribution < -0.4 is 24.8 Å². The smallest absolute Gasteiger partial charge is 1.00 e. The summed E-state index contributed by atoms with van der Waals surface area (Å²) in [6.45, 7) is 30.3. The van der Waals surface area contributed by atoms with E-state index >= 15 is 0 Å². The predicted octanol–water partition coefficient (Wildman–Crippen LogP) is 5.10. The van der Waals surface area contributed by atoms with Gasteiger partial charge in [-0.2, -0.15) is 0 Å². The summed E-state index contributed by atoms with van der Waals surface area (Å²) in [5.74, 6) is 1.95. The third kappa shape index (κ3) is 8.27. The Kier molecular flexibility index (Phi) is 15.7. The van der Waals surface area contributed by atoms with E-state index in [-0.39, 0.29) is 35.6 Å². The maximum absolute atomic E-state index is 7.13. The van der Waals surface area contributed by atoms with Crippen molar-refractivity contribution in [3.05, 3.63) is 45.0 Å². The van der Waals surface area contributed by atoms with E-state index in [0.29, 0.717) is 0 Å². The van der Waals surface area contributed by atoms with Crippen molar-refractivity contribution in [3.63, 3.8) is 0 Å². The Balaban J connectivity index is 0.00000337. The van der Waals surface area contributed by atoms with E-state index in [9.17, 15) is 0 Å². The summed E-state index contributed by atoms with van der Waals surface area (Å²) in [4.78, 5) is 0. The van der Waals surface area contributed by atoms with Gasteiger partial charge >= 0.3 is 275 Å². The average Bonchev–Trinajstić information content (AvgIpc) is 3.38. The van der Waals surface area contributed by atoms with Gasteiger partial charge in [-0.1, -0.05) is 0 Å².